The Hall–Kier alpha value is -2.36. The van der Waals surface area contributed by atoms with Gasteiger partial charge in [0, 0.05) is 11.6 Å². The second-order valence-electron chi connectivity index (χ2n) is 3.88. The van der Waals surface area contributed by atoms with Crippen molar-refractivity contribution in [3.63, 3.8) is 0 Å². The molecule has 2 rings (SSSR count). The molecule has 0 saturated heterocycles. The average molecular weight is 260 g/mol. The Labute approximate surface area is 110 Å². The van der Waals surface area contributed by atoms with Gasteiger partial charge in [0.2, 0.25) is 0 Å². The van der Waals surface area contributed by atoms with Crippen LogP contribution in [0.5, 0.6) is 5.75 Å². The zero-order valence-corrected chi connectivity index (χ0v) is 10.6. The molecule has 0 saturated carbocycles. The lowest BCUT2D eigenvalue weighted by molar-refractivity contribution is 0.0601. The van der Waals surface area contributed by atoms with Crippen molar-refractivity contribution in [2.24, 2.45) is 0 Å². The number of esters is 1. The standard InChI is InChI=1S/C15H13FO3/c1-18-14-9-10(16)7-8-12(14)11-5-3-4-6-13(11)15(17)19-2/h3-9H,1-2H3. The molecule has 0 radical (unpaired) electrons. The monoisotopic (exact) mass is 260 g/mol. The number of carbonyl (C=O) groups is 1. The molecule has 0 N–H and O–H groups in total. The highest BCUT2D eigenvalue weighted by Gasteiger charge is 2.15. The highest BCUT2D eigenvalue weighted by molar-refractivity contribution is 5.98. The lowest BCUT2D eigenvalue weighted by atomic mass is 9.99. The third-order valence-corrected chi connectivity index (χ3v) is 2.79. The largest absolute Gasteiger partial charge is 0.496 e. The predicted molar refractivity (Wildman–Crippen MR) is 69.7 cm³/mol. The Kier molecular flexibility index (Phi) is 3.80. The van der Waals surface area contributed by atoms with E-state index in [9.17, 15) is 9.18 Å². The van der Waals surface area contributed by atoms with Crippen LogP contribution in [-0.4, -0.2) is 20.2 Å². The Balaban J connectivity index is 2.62. The maximum Gasteiger partial charge on any atom is 0.338 e. The van der Waals surface area contributed by atoms with Gasteiger partial charge in [-0.05, 0) is 23.8 Å². The summed E-state index contributed by atoms with van der Waals surface area (Å²) < 4.78 is 23.1. The molecule has 3 nitrogen and oxygen atoms in total. The van der Waals surface area contributed by atoms with Crippen LogP contribution >= 0.6 is 0 Å². The van der Waals surface area contributed by atoms with Crippen molar-refractivity contribution in [1.29, 1.82) is 0 Å². The molecule has 98 valence electrons. The molecule has 0 fully saturated rings. The molecule has 0 aromatic heterocycles. The van der Waals surface area contributed by atoms with Gasteiger partial charge in [-0.25, -0.2) is 9.18 Å². The number of hydrogen-bond acceptors (Lipinski definition) is 3. The SMILES string of the molecule is COC(=O)c1ccccc1-c1ccc(F)cc1OC. The second kappa shape index (κ2) is 5.52. The van der Waals surface area contributed by atoms with E-state index in [1.165, 1.54) is 26.4 Å². The molecular weight excluding hydrogens is 247 g/mol. The topological polar surface area (TPSA) is 35.5 Å². The Morgan fingerprint density at radius 3 is 2.47 bits per heavy atom. The van der Waals surface area contributed by atoms with E-state index < -0.39 is 11.8 Å². The first-order chi connectivity index (χ1) is 9.17. The first-order valence-electron chi connectivity index (χ1n) is 5.68. The van der Waals surface area contributed by atoms with E-state index >= 15 is 0 Å². The second-order valence-corrected chi connectivity index (χ2v) is 3.88. The van der Waals surface area contributed by atoms with Crippen molar-refractivity contribution in [2.75, 3.05) is 14.2 Å². The van der Waals surface area contributed by atoms with Crippen LogP contribution in [0.1, 0.15) is 10.4 Å². The van der Waals surface area contributed by atoms with Crippen LogP contribution in [0.15, 0.2) is 42.5 Å². The van der Waals surface area contributed by atoms with E-state index in [0.29, 0.717) is 22.4 Å². The molecule has 0 bridgehead atoms. The molecule has 19 heavy (non-hydrogen) atoms. The van der Waals surface area contributed by atoms with E-state index in [1.807, 2.05) is 0 Å². The zero-order chi connectivity index (χ0) is 13.8. The third kappa shape index (κ3) is 2.57. The fourth-order valence-electron chi connectivity index (χ4n) is 1.89. The fourth-order valence-corrected chi connectivity index (χ4v) is 1.89. The highest BCUT2D eigenvalue weighted by Crippen LogP contribution is 2.33. The van der Waals surface area contributed by atoms with Crippen molar-refractivity contribution in [2.45, 2.75) is 0 Å². The van der Waals surface area contributed by atoms with Crippen molar-refractivity contribution >= 4 is 5.97 Å². The number of ether oxygens (including phenoxy) is 2. The minimum Gasteiger partial charge on any atom is -0.496 e. The average Bonchev–Trinajstić information content (AvgIpc) is 2.46. The van der Waals surface area contributed by atoms with E-state index in [4.69, 9.17) is 9.47 Å². The Morgan fingerprint density at radius 2 is 1.79 bits per heavy atom. The predicted octanol–water partition coefficient (Wildman–Crippen LogP) is 3.29. The molecule has 0 spiro atoms. The van der Waals surface area contributed by atoms with Gasteiger partial charge >= 0.3 is 5.97 Å². The zero-order valence-electron chi connectivity index (χ0n) is 10.6. The van der Waals surface area contributed by atoms with Crippen molar-refractivity contribution in [3.8, 4) is 16.9 Å². The van der Waals surface area contributed by atoms with Gasteiger partial charge in [-0.3, -0.25) is 0 Å². The molecule has 2 aromatic rings. The number of rotatable bonds is 3. The minimum atomic E-state index is -0.443. The van der Waals surface area contributed by atoms with Crippen molar-refractivity contribution in [3.05, 3.63) is 53.8 Å². The molecule has 0 amide bonds. The van der Waals surface area contributed by atoms with E-state index in [1.54, 1.807) is 30.3 Å². The Bertz CT molecular complexity index is 608. The van der Waals surface area contributed by atoms with E-state index in [0.717, 1.165) is 0 Å². The first kappa shape index (κ1) is 13.1. The normalized spacial score (nSPS) is 10.1. The number of benzene rings is 2. The lowest BCUT2D eigenvalue weighted by Gasteiger charge is -2.12. The van der Waals surface area contributed by atoms with Gasteiger partial charge in [0.25, 0.3) is 0 Å². The third-order valence-electron chi connectivity index (χ3n) is 2.79. The molecule has 0 atom stereocenters. The number of methoxy groups -OCH3 is 2. The van der Waals surface area contributed by atoms with Crippen LogP contribution in [0.3, 0.4) is 0 Å². The summed E-state index contributed by atoms with van der Waals surface area (Å²) in [5.41, 5.74) is 1.70. The number of hydrogen-bond donors (Lipinski definition) is 0. The molecule has 2 aromatic carbocycles. The van der Waals surface area contributed by atoms with Gasteiger partial charge in [-0.2, -0.15) is 0 Å². The molecule has 4 heteroatoms. The summed E-state index contributed by atoms with van der Waals surface area (Å²) in [7, 11) is 2.78. The van der Waals surface area contributed by atoms with Gasteiger partial charge in [-0.15, -0.1) is 0 Å². The molecular formula is C15H13FO3. The van der Waals surface area contributed by atoms with Crippen LogP contribution in [0.25, 0.3) is 11.1 Å². The fraction of sp³-hybridized carbons (Fsp3) is 0.133. The summed E-state index contributed by atoms with van der Waals surface area (Å²) in [5, 5.41) is 0. The lowest BCUT2D eigenvalue weighted by Crippen LogP contribution is -2.03. The van der Waals surface area contributed by atoms with E-state index in [-0.39, 0.29) is 0 Å². The van der Waals surface area contributed by atoms with Crippen LogP contribution in [0, 0.1) is 5.82 Å². The molecule has 0 aliphatic carbocycles. The summed E-state index contributed by atoms with van der Waals surface area (Å²) in [4.78, 5) is 11.7. The minimum absolute atomic E-state index is 0.372. The molecule has 0 unspecified atom stereocenters. The summed E-state index contributed by atoms with van der Waals surface area (Å²) >= 11 is 0. The van der Waals surface area contributed by atoms with Crippen LogP contribution in [0.4, 0.5) is 4.39 Å². The summed E-state index contributed by atoms with van der Waals surface area (Å²) in [5.74, 6) is -0.463. The summed E-state index contributed by atoms with van der Waals surface area (Å²) in [6.07, 6.45) is 0. The highest BCUT2D eigenvalue weighted by atomic mass is 19.1. The molecule has 0 aliphatic heterocycles. The van der Waals surface area contributed by atoms with Crippen molar-refractivity contribution in [1.82, 2.24) is 0 Å². The number of halogens is 1. The van der Waals surface area contributed by atoms with Crippen LogP contribution in [-0.2, 0) is 4.74 Å². The summed E-state index contributed by atoms with van der Waals surface area (Å²) in [6.45, 7) is 0. The van der Waals surface area contributed by atoms with Crippen LogP contribution < -0.4 is 4.74 Å². The Morgan fingerprint density at radius 1 is 1.05 bits per heavy atom. The smallest absolute Gasteiger partial charge is 0.338 e. The quantitative estimate of drug-likeness (QED) is 0.794. The van der Waals surface area contributed by atoms with E-state index in [2.05, 4.69) is 0 Å². The van der Waals surface area contributed by atoms with Gasteiger partial charge in [0.15, 0.2) is 0 Å². The van der Waals surface area contributed by atoms with Crippen molar-refractivity contribution < 1.29 is 18.7 Å². The van der Waals surface area contributed by atoms with Gasteiger partial charge in [-0.1, -0.05) is 18.2 Å². The van der Waals surface area contributed by atoms with Gasteiger partial charge < -0.3 is 9.47 Å². The summed E-state index contributed by atoms with van der Waals surface area (Å²) in [6, 6.07) is 11.1. The van der Waals surface area contributed by atoms with Gasteiger partial charge in [0.05, 0.1) is 19.8 Å². The maximum absolute atomic E-state index is 13.2. The van der Waals surface area contributed by atoms with Crippen LogP contribution in [0.2, 0.25) is 0 Å². The molecule has 0 aliphatic rings. The molecule has 0 heterocycles. The maximum atomic E-state index is 13.2. The number of carbonyl (C=O) groups excluding carboxylic acids is 1. The van der Waals surface area contributed by atoms with Gasteiger partial charge in [0.1, 0.15) is 11.6 Å². The first-order valence-corrected chi connectivity index (χ1v) is 5.68.